The molecule has 0 aliphatic carbocycles. The van der Waals surface area contributed by atoms with E-state index in [9.17, 15) is 35.1 Å². The van der Waals surface area contributed by atoms with Gasteiger partial charge in [-0.2, -0.15) is 0 Å². The summed E-state index contributed by atoms with van der Waals surface area (Å²) in [5, 5.41) is 57.2. The number of aliphatic hydroxyl groups is 5. The maximum Gasteiger partial charge on any atom is 0.306 e. The van der Waals surface area contributed by atoms with Crippen LogP contribution in [0.25, 0.3) is 0 Å². The highest BCUT2D eigenvalue weighted by atomic mass is 16.7. The Morgan fingerprint density at radius 2 is 0.795 bits per heavy atom. The second-order valence-corrected chi connectivity index (χ2v) is 25.3. The van der Waals surface area contributed by atoms with E-state index in [2.05, 4.69) is 38.2 Å². The zero-order valence-corrected chi connectivity index (χ0v) is 54.6. The van der Waals surface area contributed by atoms with Gasteiger partial charge in [-0.05, 0) is 51.4 Å². The highest BCUT2D eigenvalue weighted by Gasteiger charge is 2.47. The van der Waals surface area contributed by atoms with Crippen LogP contribution in [0.5, 0.6) is 0 Å². The van der Waals surface area contributed by atoms with Crippen LogP contribution in [-0.2, 0) is 23.8 Å². The zero-order valence-electron chi connectivity index (χ0n) is 54.6. The van der Waals surface area contributed by atoms with Crippen LogP contribution in [0.2, 0.25) is 0 Å². The van der Waals surface area contributed by atoms with Gasteiger partial charge in [-0.3, -0.25) is 9.59 Å². The molecule has 1 fully saturated rings. The molecule has 6 N–H and O–H groups in total. The number of amides is 1. The number of hydrogen-bond acceptors (Lipinski definition) is 10. The van der Waals surface area contributed by atoms with Gasteiger partial charge in [-0.1, -0.05) is 328 Å². The monoisotopic (exact) mass is 1180 g/mol. The lowest BCUT2D eigenvalue weighted by molar-refractivity contribution is -0.305. The van der Waals surface area contributed by atoms with Crippen LogP contribution in [0.3, 0.4) is 0 Å². The third-order valence-electron chi connectivity index (χ3n) is 17.4. The molecule has 0 aromatic rings. The van der Waals surface area contributed by atoms with Gasteiger partial charge < -0.3 is 45.1 Å². The van der Waals surface area contributed by atoms with Crippen molar-refractivity contribution in [3.8, 4) is 0 Å². The van der Waals surface area contributed by atoms with Gasteiger partial charge in [-0.15, -0.1) is 0 Å². The van der Waals surface area contributed by atoms with Crippen LogP contribution < -0.4 is 5.32 Å². The summed E-state index contributed by atoms with van der Waals surface area (Å²) in [6.07, 6.45) is 62.2. The third kappa shape index (κ3) is 47.8. The number of ether oxygens (including phenoxy) is 3. The fraction of sp³-hybridized carbons (Fsp3) is 0.917. The number of hydrogen-bond donors (Lipinski definition) is 6. The first-order valence-electron chi connectivity index (χ1n) is 36.1. The first-order valence-corrected chi connectivity index (χ1v) is 36.1. The Kier molecular flexibility index (Phi) is 57.6. The van der Waals surface area contributed by atoms with E-state index in [4.69, 9.17) is 14.2 Å². The van der Waals surface area contributed by atoms with Gasteiger partial charge in [0.1, 0.15) is 24.4 Å². The van der Waals surface area contributed by atoms with Gasteiger partial charge in [0.2, 0.25) is 5.91 Å². The molecule has 0 bridgehead atoms. The van der Waals surface area contributed by atoms with Crippen molar-refractivity contribution in [3.63, 3.8) is 0 Å². The number of esters is 1. The summed E-state index contributed by atoms with van der Waals surface area (Å²) < 4.78 is 17.7. The largest absolute Gasteiger partial charge is 0.454 e. The number of aliphatic hydroxyl groups excluding tert-OH is 5. The molecular formula is C72H137NO10. The second-order valence-electron chi connectivity index (χ2n) is 25.3. The Morgan fingerprint density at radius 3 is 1.17 bits per heavy atom. The molecule has 1 amide bonds. The van der Waals surface area contributed by atoms with Crippen molar-refractivity contribution < 1.29 is 49.3 Å². The molecule has 490 valence electrons. The molecule has 8 atom stereocenters. The molecule has 1 rings (SSSR count). The number of nitrogens with one attached hydrogen (secondary N) is 1. The summed E-state index contributed by atoms with van der Waals surface area (Å²) >= 11 is 0. The number of unbranched alkanes of at least 4 members (excludes halogenated alkanes) is 47. The smallest absolute Gasteiger partial charge is 0.306 e. The molecule has 8 unspecified atom stereocenters. The van der Waals surface area contributed by atoms with Crippen molar-refractivity contribution in [1.29, 1.82) is 0 Å². The maximum atomic E-state index is 13.5. The summed E-state index contributed by atoms with van der Waals surface area (Å²) in [5.74, 6) is -1.17. The van der Waals surface area contributed by atoms with Crippen LogP contribution >= 0.6 is 0 Å². The predicted octanol–water partition coefficient (Wildman–Crippen LogP) is 18.4. The summed E-state index contributed by atoms with van der Waals surface area (Å²) in [6, 6.07) is -1.02. The van der Waals surface area contributed by atoms with Gasteiger partial charge in [0, 0.05) is 6.42 Å². The molecule has 11 heteroatoms. The molecule has 1 heterocycles. The van der Waals surface area contributed by atoms with E-state index in [-0.39, 0.29) is 13.0 Å². The molecule has 0 saturated carbocycles. The first-order chi connectivity index (χ1) is 40.7. The van der Waals surface area contributed by atoms with Gasteiger partial charge in [0.25, 0.3) is 0 Å². The molecular weight excluding hydrogens is 1040 g/mol. The molecule has 1 aliphatic heterocycles. The lowest BCUT2D eigenvalue weighted by Gasteiger charge is -2.41. The summed E-state index contributed by atoms with van der Waals surface area (Å²) in [7, 11) is 0. The van der Waals surface area contributed by atoms with Crippen LogP contribution in [0.15, 0.2) is 24.3 Å². The molecule has 83 heavy (non-hydrogen) atoms. The van der Waals surface area contributed by atoms with Crippen molar-refractivity contribution >= 4 is 11.9 Å². The number of rotatable bonds is 63. The normalized spacial score (nSPS) is 18.6. The van der Waals surface area contributed by atoms with Crippen LogP contribution in [0.1, 0.15) is 361 Å². The SMILES string of the molecule is CCCCCCCC/C=C/CCCCCCCCCCCCCCCCCC(=O)OC1C(OCC(NC(=O)C(O)CCCCCCCCCCCCCCCCCC)C(O)/C=C/CCCCCCCCCCCCC)OC(CO)C(O)C1O. The fourth-order valence-electron chi connectivity index (χ4n) is 11.7. The van der Waals surface area contributed by atoms with Crippen molar-refractivity contribution in [1.82, 2.24) is 5.32 Å². The summed E-state index contributed by atoms with van der Waals surface area (Å²) in [4.78, 5) is 26.7. The average molecular weight is 1180 g/mol. The van der Waals surface area contributed by atoms with Crippen LogP contribution in [-0.4, -0.2) is 99.6 Å². The van der Waals surface area contributed by atoms with Gasteiger partial charge in [0.15, 0.2) is 12.4 Å². The average Bonchev–Trinajstić information content (AvgIpc) is 3.58. The van der Waals surface area contributed by atoms with Crippen LogP contribution in [0, 0.1) is 0 Å². The van der Waals surface area contributed by atoms with Crippen LogP contribution in [0.4, 0.5) is 0 Å². The van der Waals surface area contributed by atoms with E-state index in [1.165, 1.54) is 257 Å². The Morgan fingerprint density at radius 1 is 0.458 bits per heavy atom. The van der Waals surface area contributed by atoms with E-state index in [1.54, 1.807) is 6.08 Å². The molecule has 0 aromatic carbocycles. The van der Waals surface area contributed by atoms with Gasteiger partial charge in [-0.25, -0.2) is 0 Å². The van der Waals surface area contributed by atoms with E-state index >= 15 is 0 Å². The van der Waals surface area contributed by atoms with E-state index in [0.29, 0.717) is 19.3 Å². The molecule has 11 nitrogen and oxygen atoms in total. The molecule has 0 aromatic heterocycles. The van der Waals surface area contributed by atoms with Gasteiger partial charge >= 0.3 is 5.97 Å². The Balaban J connectivity index is 2.55. The first kappa shape index (κ1) is 79.2. The summed E-state index contributed by atoms with van der Waals surface area (Å²) in [6.45, 7) is 5.85. The highest BCUT2D eigenvalue weighted by molar-refractivity contribution is 5.80. The minimum Gasteiger partial charge on any atom is -0.454 e. The molecule has 1 saturated heterocycles. The Hall–Kier alpha value is -1.86. The molecule has 0 spiro atoms. The fourth-order valence-corrected chi connectivity index (χ4v) is 11.7. The summed E-state index contributed by atoms with van der Waals surface area (Å²) in [5.41, 5.74) is 0. The van der Waals surface area contributed by atoms with E-state index < -0.39 is 67.4 Å². The predicted molar refractivity (Wildman–Crippen MR) is 348 cm³/mol. The third-order valence-corrected chi connectivity index (χ3v) is 17.4. The van der Waals surface area contributed by atoms with E-state index in [1.807, 2.05) is 6.08 Å². The Labute approximate surface area is 511 Å². The van der Waals surface area contributed by atoms with Crippen molar-refractivity contribution in [2.75, 3.05) is 13.2 Å². The lowest BCUT2D eigenvalue weighted by Crippen LogP contribution is -2.61. The molecule has 1 aliphatic rings. The van der Waals surface area contributed by atoms with Crippen molar-refractivity contribution in [3.05, 3.63) is 24.3 Å². The minimum absolute atomic E-state index is 0.129. The minimum atomic E-state index is -1.61. The number of carbonyl (C=O) groups is 2. The second kappa shape index (κ2) is 60.4. The zero-order chi connectivity index (χ0) is 60.3. The Bertz CT molecular complexity index is 1450. The topological polar surface area (TPSA) is 175 Å². The molecule has 0 radical (unpaired) electrons. The lowest BCUT2D eigenvalue weighted by atomic mass is 9.99. The van der Waals surface area contributed by atoms with Gasteiger partial charge in [0.05, 0.1) is 25.4 Å². The van der Waals surface area contributed by atoms with Crippen molar-refractivity contribution in [2.24, 2.45) is 0 Å². The maximum absolute atomic E-state index is 13.5. The number of carbonyl (C=O) groups excluding carboxylic acids is 2. The number of allylic oxidation sites excluding steroid dienone is 3. The standard InChI is InChI=1S/C72H137NO10/c1-4-7-10-13-16-19-22-25-27-29-30-31-32-33-34-35-36-37-39-42-45-48-51-54-57-60-67(77)83-70-69(79)68(78)66(61-74)82-72(70)81-62-63(64(75)58-55-52-49-46-43-40-24-21-18-15-12-9-6-3)73-71(80)65(76)59-56-53-50-47-44-41-38-28-26-23-20-17-14-11-8-5-2/h25,27,55,58,63-66,68-70,72,74-76,78-79H,4-24,26,28-54,56-57,59-62H2,1-3H3,(H,73,80)/b27-25+,58-55+. The van der Waals surface area contributed by atoms with Crippen molar-refractivity contribution in [2.45, 2.75) is 410 Å². The van der Waals surface area contributed by atoms with E-state index in [0.717, 1.165) is 57.8 Å². The quantitative estimate of drug-likeness (QED) is 0.0195. The highest BCUT2D eigenvalue weighted by Crippen LogP contribution is 2.26.